The normalized spacial score (nSPS) is 12.5. The maximum atomic E-state index is 12.5. The zero-order valence-corrected chi connectivity index (χ0v) is 16.4. The summed E-state index contributed by atoms with van der Waals surface area (Å²) in [4.78, 5) is 50.8. The van der Waals surface area contributed by atoms with Gasteiger partial charge in [0.25, 0.3) is 11.8 Å². The van der Waals surface area contributed by atoms with E-state index in [0.29, 0.717) is 22.4 Å². The summed E-state index contributed by atoms with van der Waals surface area (Å²) in [5.74, 6) is -1.80. The van der Waals surface area contributed by atoms with Crippen LogP contribution < -0.4 is 5.32 Å². The molecule has 0 aromatic heterocycles. The molecule has 0 radical (unpaired) electrons. The number of ether oxygens (including phenoxy) is 1. The number of hydrogen-bond acceptors (Lipinski definition) is 6. The van der Waals surface area contributed by atoms with Crippen LogP contribution in [0.25, 0.3) is 0 Å². The Hall–Kier alpha value is -4.26. The van der Waals surface area contributed by atoms with Gasteiger partial charge in [-0.15, -0.1) is 0 Å². The van der Waals surface area contributed by atoms with Gasteiger partial charge in [0, 0.05) is 5.56 Å². The number of fused-ring (bicyclic) bond motifs is 1. The summed E-state index contributed by atoms with van der Waals surface area (Å²) in [6, 6.07) is 21.7. The fraction of sp³-hybridized carbons (Fsp3) is 0.0833. The number of esters is 1. The second-order valence-electron chi connectivity index (χ2n) is 6.83. The van der Waals surface area contributed by atoms with Crippen LogP contribution in [0.1, 0.15) is 41.4 Å². The number of imide groups is 1. The number of para-hydroxylation sites is 1. The molecule has 0 atom stereocenters. The lowest BCUT2D eigenvalue weighted by Crippen LogP contribution is -2.34. The lowest BCUT2D eigenvalue weighted by molar-refractivity contribution is 0.0475. The van der Waals surface area contributed by atoms with Gasteiger partial charge < -0.3 is 10.1 Å². The van der Waals surface area contributed by atoms with Gasteiger partial charge in [0.15, 0.2) is 12.4 Å². The summed E-state index contributed by atoms with van der Waals surface area (Å²) >= 11 is 0. The van der Waals surface area contributed by atoms with Crippen LogP contribution in [0.15, 0.2) is 78.9 Å². The highest BCUT2D eigenvalue weighted by molar-refractivity contribution is 6.21. The Morgan fingerprint density at radius 1 is 0.774 bits per heavy atom. The van der Waals surface area contributed by atoms with Gasteiger partial charge in [0.2, 0.25) is 0 Å². The molecule has 31 heavy (non-hydrogen) atoms. The molecular weight excluding hydrogens is 396 g/mol. The van der Waals surface area contributed by atoms with Crippen LogP contribution >= 0.6 is 0 Å². The zero-order chi connectivity index (χ0) is 21.8. The van der Waals surface area contributed by atoms with Gasteiger partial charge in [-0.1, -0.05) is 54.6 Å². The number of carbonyl (C=O) groups is 4. The number of benzene rings is 3. The van der Waals surface area contributed by atoms with Crippen molar-refractivity contribution in [1.29, 1.82) is 0 Å². The Morgan fingerprint density at radius 3 is 2.03 bits per heavy atom. The van der Waals surface area contributed by atoms with Crippen LogP contribution in [0.5, 0.6) is 0 Å². The fourth-order valence-corrected chi connectivity index (χ4v) is 3.28. The van der Waals surface area contributed by atoms with Gasteiger partial charge in [-0.25, -0.2) is 4.79 Å². The number of Topliss-reactive ketones (excluding diaryl/α,β-unsaturated/α-hetero) is 1. The smallest absolute Gasteiger partial charge is 0.340 e. The Balaban J connectivity index is 1.42. The standard InChI is InChI=1S/C24H18N2O5/c27-21(16-8-2-1-3-9-16)14-31-24(30)19-12-6-7-13-20(19)25-15-26-22(28)17-10-4-5-11-18(17)23(26)29/h1-13,25H,14-15H2. The van der Waals surface area contributed by atoms with Gasteiger partial charge in [0.05, 0.1) is 29.0 Å². The monoisotopic (exact) mass is 414 g/mol. The molecule has 2 amide bonds. The average molecular weight is 414 g/mol. The summed E-state index contributed by atoms with van der Waals surface area (Å²) in [5, 5.41) is 2.95. The number of rotatable bonds is 7. The zero-order valence-electron chi connectivity index (χ0n) is 16.4. The first-order valence-electron chi connectivity index (χ1n) is 9.60. The van der Waals surface area contributed by atoms with Crippen molar-refractivity contribution in [2.75, 3.05) is 18.6 Å². The molecule has 1 aliphatic heterocycles. The Kier molecular flexibility index (Phi) is 5.57. The lowest BCUT2D eigenvalue weighted by atomic mass is 10.1. The second kappa shape index (κ2) is 8.62. The van der Waals surface area contributed by atoms with Crippen molar-refractivity contribution >= 4 is 29.3 Å². The van der Waals surface area contributed by atoms with E-state index in [1.165, 1.54) is 0 Å². The van der Waals surface area contributed by atoms with Crippen LogP contribution in [0.2, 0.25) is 0 Å². The number of nitrogens with one attached hydrogen (secondary N) is 1. The van der Waals surface area contributed by atoms with Crippen LogP contribution in [0, 0.1) is 0 Å². The van der Waals surface area contributed by atoms with Crippen LogP contribution in [0.3, 0.4) is 0 Å². The van der Waals surface area contributed by atoms with E-state index in [9.17, 15) is 19.2 Å². The third-order valence-electron chi connectivity index (χ3n) is 4.88. The molecule has 0 aliphatic carbocycles. The van der Waals surface area contributed by atoms with Crippen molar-refractivity contribution in [3.05, 3.63) is 101 Å². The number of ketones is 1. The minimum Gasteiger partial charge on any atom is -0.454 e. The van der Waals surface area contributed by atoms with E-state index < -0.39 is 24.4 Å². The molecule has 4 rings (SSSR count). The van der Waals surface area contributed by atoms with Gasteiger partial charge >= 0.3 is 5.97 Å². The highest BCUT2D eigenvalue weighted by Gasteiger charge is 2.34. The average Bonchev–Trinajstić information content (AvgIpc) is 3.06. The third kappa shape index (κ3) is 4.06. The molecule has 0 fully saturated rings. The molecule has 3 aromatic rings. The summed E-state index contributed by atoms with van der Waals surface area (Å²) in [5.41, 5.74) is 1.73. The van der Waals surface area contributed by atoms with Gasteiger partial charge in [-0.2, -0.15) is 0 Å². The van der Waals surface area contributed by atoms with E-state index in [1.54, 1.807) is 78.9 Å². The Bertz CT molecular complexity index is 1140. The first-order valence-corrected chi connectivity index (χ1v) is 9.60. The highest BCUT2D eigenvalue weighted by Crippen LogP contribution is 2.23. The van der Waals surface area contributed by atoms with E-state index in [1.807, 2.05) is 0 Å². The number of carbonyl (C=O) groups excluding carboxylic acids is 4. The van der Waals surface area contributed by atoms with E-state index in [-0.39, 0.29) is 18.0 Å². The second-order valence-corrected chi connectivity index (χ2v) is 6.83. The predicted molar refractivity (Wildman–Crippen MR) is 113 cm³/mol. The predicted octanol–water partition coefficient (Wildman–Crippen LogP) is 3.39. The molecule has 154 valence electrons. The van der Waals surface area contributed by atoms with Crippen molar-refractivity contribution in [1.82, 2.24) is 4.90 Å². The largest absolute Gasteiger partial charge is 0.454 e. The maximum Gasteiger partial charge on any atom is 0.340 e. The number of nitrogens with zero attached hydrogens (tertiary/aromatic N) is 1. The summed E-state index contributed by atoms with van der Waals surface area (Å²) in [7, 11) is 0. The molecule has 0 spiro atoms. The molecule has 1 N–H and O–H groups in total. The molecule has 1 aliphatic rings. The molecule has 7 nitrogen and oxygen atoms in total. The molecule has 7 heteroatoms. The van der Waals surface area contributed by atoms with E-state index in [4.69, 9.17) is 4.74 Å². The maximum absolute atomic E-state index is 12.5. The van der Waals surface area contributed by atoms with Crippen molar-refractivity contribution in [3.63, 3.8) is 0 Å². The van der Waals surface area contributed by atoms with Crippen LogP contribution in [0.4, 0.5) is 5.69 Å². The highest BCUT2D eigenvalue weighted by atomic mass is 16.5. The minimum absolute atomic E-state index is 0.112. The van der Waals surface area contributed by atoms with Crippen LogP contribution in [-0.4, -0.2) is 41.7 Å². The quantitative estimate of drug-likeness (QED) is 0.362. The molecule has 3 aromatic carbocycles. The minimum atomic E-state index is -0.685. The van der Waals surface area contributed by atoms with Crippen molar-refractivity contribution in [3.8, 4) is 0 Å². The lowest BCUT2D eigenvalue weighted by Gasteiger charge is -2.17. The summed E-state index contributed by atoms with van der Waals surface area (Å²) in [6.07, 6.45) is 0. The summed E-state index contributed by atoms with van der Waals surface area (Å²) < 4.78 is 5.17. The number of hydrogen-bond donors (Lipinski definition) is 1. The molecule has 1 heterocycles. The number of anilines is 1. The SMILES string of the molecule is O=C(COC(=O)c1ccccc1NCN1C(=O)c2ccccc2C1=O)c1ccccc1. The Morgan fingerprint density at radius 2 is 1.35 bits per heavy atom. The molecule has 0 saturated carbocycles. The molecular formula is C24H18N2O5. The molecule has 0 bridgehead atoms. The Labute approximate surface area is 178 Å². The first kappa shape index (κ1) is 20.0. The molecule has 0 saturated heterocycles. The van der Waals surface area contributed by atoms with Gasteiger partial charge in [-0.05, 0) is 24.3 Å². The van der Waals surface area contributed by atoms with E-state index >= 15 is 0 Å². The van der Waals surface area contributed by atoms with Gasteiger partial charge in [0.1, 0.15) is 0 Å². The number of amides is 2. The van der Waals surface area contributed by atoms with Gasteiger partial charge in [-0.3, -0.25) is 19.3 Å². The topological polar surface area (TPSA) is 92.8 Å². The first-order chi connectivity index (χ1) is 15.1. The van der Waals surface area contributed by atoms with E-state index in [2.05, 4.69) is 5.32 Å². The summed E-state index contributed by atoms with van der Waals surface area (Å²) in [6.45, 7) is -0.505. The van der Waals surface area contributed by atoms with E-state index in [0.717, 1.165) is 4.90 Å². The molecule has 0 unspecified atom stereocenters. The third-order valence-corrected chi connectivity index (χ3v) is 4.88. The van der Waals surface area contributed by atoms with Crippen molar-refractivity contribution < 1.29 is 23.9 Å². The van der Waals surface area contributed by atoms with Crippen LogP contribution in [-0.2, 0) is 4.74 Å². The van der Waals surface area contributed by atoms with Crippen molar-refractivity contribution in [2.45, 2.75) is 0 Å². The fourth-order valence-electron chi connectivity index (χ4n) is 3.28. The van der Waals surface area contributed by atoms with Crippen molar-refractivity contribution in [2.24, 2.45) is 0 Å².